The molecule has 0 radical (unpaired) electrons. The van der Waals surface area contributed by atoms with Crippen LogP contribution in [0.4, 0.5) is 0 Å². The van der Waals surface area contributed by atoms with Crippen LogP contribution in [-0.4, -0.2) is 58.1 Å². The van der Waals surface area contributed by atoms with E-state index < -0.39 is 5.97 Å². The van der Waals surface area contributed by atoms with Crippen molar-refractivity contribution in [1.29, 1.82) is 0 Å². The van der Waals surface area contributed by atoms with Gasteiger partial charge in [0.05, 0.1) is 5.69 Å². The summed E-state index contributed by atoms with van der Waals surface area (Å²) in [5, 5.41) is 12.5. The molecule has 0 saturated carbocycles. The molecule has 24 heavy (non-hydrogen) atoms. The van der Waals surface area contributed by atoms with Gasteiger partial charge in [0.1, 0.15) is 11.0 Å². The van der Waals surface area contributed by atoms with Gasteiger partial charge in [-0.25, -0.2) is 4.98 Å². The van der Waals surface area contributed by atoms with Gasteiger partial charge in [-0.2, -0.15) is 0 Å². The highest BCUT2D eigenvalue weighted by Crippen LogP contribution is 2.24. The van der Waals surface area contributed by atoms with E-state index >= 15 is 0 Å². The topological polar surface area (TPSA) is 56.7 Å². The van der Waals surface area contributed by atoms with Crippen LogP contribution in [0.25, 0.3) is 10.6 Å². The lowest BCUT2D eigenvalue weighted by atomic mass is 10.1. The molecule has 128 valence electrons. The predicted molar refractivity (Wildman–Crippen MR) is 96.1 cm³/mol. The molecule has 1 N–H and O–H groups in total. The van der Waals surface area contributed by atoms with E-state index in [1.165, 1.54) is 0 Å². The van der Waals surface area contributed by atoms with Gasteiger partial charge >= 0.3 is 5.97 Å². The molecule has 3 rings (SSSR count). The number of aliphatic carboxylic acids is 1. The third-order valence-corrected chi connectivity index (χ3v) is 5.42. The number of carboxylic acid groups (broad SMARTS) is 1. The van der Waals surface area contributed by atoms with Crippen molar-refractivity contribution in [3.63, 3.8) is 0 Å². The summed E-state index contributed by atoms with van der Waals surface area (Å²) in [5.74, 6) is -0.710. The second-order valence-corrected chi connectivity index (χ2v) is 6.94. The first kappa shape index (κ1) is 17.1. The van der Waals surface area contributed by atoms with Crippen LogP contribution in [0.1, 0.15) is 19.0 Å². The molecule has 1 fully saturated rings. The van der Waals surface area contributed by atoms with Crippen LogP contribution in [0.15, 0.2) is 35.7 Å². The van der Waals surface area contributed by atoms with Gasteiger partial charge in [-0.15, -0.1) is 11.3 Å². The summed E-state index contributed by atoms with van der Waals surface area (Å²) in [4.78, 5) is 20.5. The van der Waals surface area contributed by atoms with Crippen LogP contribution in [0, 0.1) is 0 Å². The van der Waals surface area contributed by atoms with Crippen molar-refractivity contribution >= 4 is 17.3 Å². The second kappa shape index (κ2) is 7.88. The molecular weight excluding hydrogens is 322 g/mol. The van der Waals surface area contributed by atoms with Crippen LogP contribution in [0.2, 0.25) is 0 Å². The van der Waals surface area contributed by atoms with Crippen molar-refractivity contribution in [3.8, 4) is 10.6 Å². The number of piperazine rings is 1. The summed E-state index contributed by atoms with van der Waals surface area (Å²) in [6.45, 7) is 6.16. The van der Waals surface area contributed by atoms with Crippen LogP contribution in [-0.2, 0) is 11.3 Å². The fourth-order valence-electron chi connectivity index (χ4n) is 3.14. The molecule has 1 aliphatic heterocycles. The van der Waals surface area contributed by atoms with Crippen LogP contribution >= 0.6 is 11.3 Å². The van der Waals surface area contributed by atoms with Gasteiger partial charge < -0.3 is 5.11 Å². The first-order chi connectivity index (χ1) is 11.7. The van der Waals surface area contributed by atoms with Gasteiger partial charge in [-0.3, -0.25) is 14.6 Å². The number of hydrogen-bond donors (Lipinski definition) is 1. The van der Waals surface area contributed by atoms with Crippen molar-refractivity contribution < 1.29 is 9.90 Å². The first-order valence-corrected chi connectivity index (χ1v) is 9.24. The summed E-state index contributed by atoms with van der Waals surface area (Å²) in [6.07, 6.45) is 0.655. The Hall–Kier alpha value is -1.76. The molecule has 0 bridgehead atoms. The fourth-order valence-corrected chi connectivity index (χ4v) is 3.96. The quantitative estimate of drug-likeness (QED) is 0.872. The first-order valence-electron chi connectivity index (χ1n) is 8.36. The minimum Gasteiger partial charge on any atom is -0.480 e. The summed E-state index contributed by atoms with van der Waals surface area (Å²) in [7, 11) is 0. The molecule has 2 aromatic rings. The number of rotatable bonds is 6. The summed E-state index contributed by atoms with van der Waals surface area (Å²) < 4.78 is 0. The summed E-state index contributed by atoms with van der Waals surface area (Å²) in [5.41, 5.74) is 2.25. The van der Waals surface area contributed by atoms with Crippen molar-refractivity contribution in [2.45, 2.75) is 25.9 Å². The summed E-state index contributed by atoms with van der Waals surface area (Å²) >= 11 is 1.68. The Morgan fingerprint density at radius 3 is 2.58 bits per heavy atom. The van der Waals surface area contributed by atoms with E-state index in [0.717, 1.165) is 49.0 Å². The van der Waals surface area contributed by atoms with Crippen molar-refractivity contribution in [1.82, 2.24) is 14.8 Å². The molecule has 2 heterocycles. The highest BCUT2D eigenvalue weighted by Gasteiger charge is 2.27. The molecule has 0 aliphatic carbocycles. The largest absolute Gasteiger partial charge is 0.480 e. The van der Waals surface area contributed by atoms with Crippen LogP contribution in [0.3, 0.4) is 0 Å². The Morgan fingerprint density at radius 2 is 1.96 bits per heavy atom. The molecule has 1 saturated heterocycles. The van der Waals surface area contributed by atoms with E-state index in [1.807, 2.05) is 25.1 Å². The Labute approximate surface area is 146 Å². The van der Waals surface area contributed by atoms with E-state index in [9.17, 15) is 9.90 Å². The van der Waals surface area contributed by atoms with Gasteiger partial charge in [0.2, 0.25) is 0 Å². The molecule has 6 heteroatoms. The average Bonchev–Trinajstić information content (AvgIpc) is 3.06. The molecule has 0 spiro atoms. The Kier molecular flexibility index (Phi) is 5.60. The van der Waals surface area contributed by atoms with Crippen molar-refractivity contribution in [2.75, 3.05) is 26.2 Å². The lowest BCUT2D eigenvalue weighted by molar-refractivity contribution is -0.144. The highest BCUT2D eigenvalue weighted by molar-refractivity contribution is 7.13. The minimum absolute atomic E-state index is 0.351. The van der Waals surface area contributed by atoms with Gasteiger partial charge in [0, 0.05) is 43.7 Å². The zero-order chi connectivity index (χ0) is 16.9. The molecule has 0 unspecified atom stereocenters. The zero-order valence-corrected chi connectivity index (χ0v) is 14.7. The van der Waals surface area contributed by atoms with Gasteiger partial charge in [0.15, 0.2) is 0 Å². The average molecular weight is 345 g/mol. The van der Waals surface area contributed by atoms with Crippen LogP contribution < -0.4 is 0 Å². The normalized spacial score (nSPS) is 17.7. The van der Waals surface area contributed by atoms with E-state index in [2.05, 4.69) is 27.3 Å². The third kappa shape index (κ3) is 4.01. The maximum Gasteiger partial charge on any atom is 0.320 e. The molecule has 0 amide bonds. The van der Waals surface area contributed by atoms with Gasteiger partial charge in [-0.05, 0) is 6.42 Å². The molecule has 1 aromatic heterocycles. The number of carboxylic acids is 1. The van der Waals surface area contributed by atoms with Crippen molar-refractivity contribution in [3.05, 3.63) is 41.4 Å². The van der Waals surface area contributed by atoms with E-state index in [1.54, 1.807) is 11.3 Å². The number of thiazole rings is 1. The lowest BCUT2D eigenvalue weighted by Crippen LogP contribution is -2.52. The molecule has 1 aliphatic rings. The van der Waals surface area contributed by atoms with E-state index in [-0.39, 0.29) is 6.04 Å². The maximum atomic E-state index is 11.3. The zero-order valence-electron chi connectivity index (χ0n) is 13.9. The number of benzene rings is 1. The van der Waals surface area contributed by atoms with Gasteiger partial charge in [-0.1, -0.05) is 37.3 Å². The predicted octanol–water partition coefficient (Wildman–Crippen LogP) is 2.79. The third-order valence-electron chi connectivity index (χ3n) is 4.48. The number of carbonyl (C=O) groups is 1. The highest BCUT2D eigenvalue weighted by atomic mass is 32.1. The Morgan fingerprint density at radius 1 is 1.25 bits per heavy atom. The maximum absolute atomic E-state index is 11.3. The second-order valence-electron chi connectivity index (χ2n) is 6.08. The Bertz CT molecular complexity index is 666. The SMILES string of the molecule is CC[C@H](C(=O)O)N1CCN(Cc2csc(-c3ccccc3)n2)CC1. The Balaban J connectivity index is 1.55. The smallest absolute Gasteiger partial charge is 0.320 e. The van der Waals surface area contributed by atoms with E-state index in [0.29, 0.717) is 6.42 Å². The molecular formula is C18H23N3O2S. The standard InChI is InChI=1S/C18H23N3O2S/c1-2-16(18(22)23)21-10-8-20(9-11-21)12-15-13-24-17(19-15)14-6-4-3-5-7-14/h3-7,13,16H,2,8-12H2,1H3,(H,22,23)/t16-/m1/s1. The van der Waals surface area contributed by atoms with Crippen LogP contribution in [0.5, 0.6) is 0 Å². The minimum atomic E-state index is -0.710. The van der Waals surface area contributed by atoms with Gasteiger partial charge in [0.25, 0.3) is 0 Å². The monoisotopic (exact) mass is 345 g/mol. The van der Waals surface area contributed by atoms with E-state index in [4.69, 9.17) is 4.98 Å². The molecule has 5 nitrogen and oxygen atoms in total. The molecule has 1 atom stereocenters. The molecule has 1 aromatic carbocycles. The lowest BCUT2D eigenvalue weighted by Gasteiger charge is -2.37. The van der Waals surface area contributed by atoms with Crippen molar-refractivity contribution in [2.24, 2.45) is 0 Å². The fraction of sp³-hybridized carbons (Fsp3) is 0.444. The number of nitrogens with zero attached hydrogens (tertiary/aromatic N) is 3. The summed E-state index contributed by atoms with van der Waals surface area (Å²) in [6, 6.07) is 9.88. The number of hydrogen-bond acceptors (Lipinski definition) is 5. The number of aromatic nitrogens is 1.